The van der Waals surface area contributed by atoms with E-state index in [1.807, 2.05) is 19.1 Å². The van der Waals surface area contributed by atoms with Crippen molar-refractivity contribution in [2.24, 2.45) is 5.92 Å². The molecule has 3 aromatic rings. The molecule has 3 aliphatic rings. The number of anilines is 1. The van der Waals surface area contributed by atoms with Crippen LogP contribution in [0.2, 0.25) is 0 Å². The molecule has 3 aromatic carbocycles. The summed E-state index contributed by atoms with van der Waals surface area (Å²) in [7, 11) is 1.40. The van der Waals surface area contributed by atoms with Crippen molar-refractivity contribution in [1.29, 1.82) is 0 Å². The second kappa shape index (κ2) is 11.0. The fourth-order valence-electron chi connectivity index (χ4n) is 6.87. The zero-order valence-electron chi connectivity index (χ0n) is 23.2. The van der Waals surface area contributed by atoms with Crippen molar-refractivity contribution in [3.8, 4) is 5.75 Å². The summed E-state index contributed by atoms with van der Waals surface area (Å²) >= 11 is 0. The van der Waals surface area contributed by atoms with Crippen LogP contribution in [-0.4, -0.2) is 43.3 Å². The number of nitrogens with zero attached hydrogens (tertiary/aromatic N) is 1. The standard InChI is InChI=1S/C33H37N3O4/c1-20-13-26(37)18-25-9-11-34-30(19-27(20)25)32(38)35-29-10-12-36(33(39)40-2)31-8-7-21(17-28(29)31)14-22-15-23-5-3-4-6-24(23)16-22/h3-8,13,17-18,22,29-30,34,37H,9-12,14-16,19H2,1-2H3,(H,35,38). The lowest BCUT2D eigenvalue weighted by Crippen LogP contribution is -2.48. The number of phenolic OH excluding ortho intramolecular Hbond substituents is 1. The van der Waals surface area contributed by atoms with Gasteiger partial charge in [-0.3, -0.25) is 9.69 Å². The largest absolute Gasteiger partial charge is 0.508 e. The molecule has 2 unspecified atom stereocenters. The molecule has 1 aliphatic carbocycles. The zero-order chi connectivity index (χ0) is 27.8. The number of phenols is 1. The van der Waals surface area contributed by atoms with Gasteiger partial charge in [-0.15, -0.1) is 0 Å². The summed E-state index contributed by atoms with van der Waals surface area (Å²) in [6.45, 7) is 3.13. The number of carbonyl (C=O) groups is 2. The number of ether oxygens (including phenoxy) is 1. The molecule has 7 heteroatoms. The van der Waals surface area contributed by atoms with Gasteiger partial charge < -0.3 is 20.5 Å². The zero-order valence-corrected chi connectivity index (χ0v) is 23.2. The Morgan fingerprint density at radius 3 is 2.58 bits per heavy atom. The van der Waals surface area contributed by atoms with E-state index < -0.39 is 0 Å². The molecule has 208 valence electrons. The number of carbonyl (C=O) groups excluding carboxylic acids is 2. The third-order valence-electron chi connectivity index (χ3n) is 8.83. The molecule has 0 bridgehead atoms. The molecule has 0 saturated carbocycles. The van der Waals surface area contributed by atoms with Gasteiger partial charge in [-0.25, -0.2) is 4.79 Å². The molecule has 0 saturated heterocycles. The summed E-state index contributed by atoms with van der Waals surface area (Å²) < 4.78 is 5.07. The first-order valence-electron chi connectivity index (χ1n) is 14.3. The molecule has 40 heavy (non-hydrogen) atoms. The van der Waals surface area contributed by atoms with Crippen LogP contribution in [0.5, 0.6) is 5.75 Å². The first-order valence-corrected chi connectivity index (χ1v) is 14.3. The molecular weight excluding hydrogens is 502 g/mol. The van der Waals surface area contributed by atoms with Gasteiger partial charge in [0.05, 0.1) is 24.9 Å². The normalized spacial score (nSPS) is 20.2. The van der Waals surface area contributed by atoms with Crippen LogP contribution >= 0.6 is 0 Å². The molecule has 0 aromatic heterocycles. The van der Waals surface area contributed by atoms with Gasteiger partial charge in [-0.1, -0.05) is 36.4 Å². The highest BCUT2D eigenvalue weighted by molar-refractivity contribution is 5.90. The van der Waals surface area contributed by atoms with E-state index in [4.69, 9.17) is 4.74 Å². The Kier molecular flexibility index (Phi) is 7.24. The minimum Gasteiger partial charge on any atom is -0.508 e. The van der Waals surface area contributed by atoms with Gasteiger partial charge >= 0.3 is 6.09 Å². The number of amides is 2. The average Bonchev–Trinajstić information content (AvgIpc) is 3.22. The Bertz CT molecular complexity index is 1430. The van der Waals surface area contributed by atoms with Crippen molar-refractivity contribution in [2.75, 3.05) is 25.1 Å². The van der Waals surface area contributed by atoms with Crippen molar-refractivity contribution in [2.45, 2.75) is 57.5 Å². The maximum absolute atomic E-state index is 13.6. The van der Waals surface area contributed by atoms with Crippen LogP contribution in [-0.2, 0) is 41.6 Å². The highest BCUT2D eigenvalue weighted by Gasteiger charge is 2.33. The summed E-state index contributed by atoms with van der Waals surface area (Å²) in [4.78, 5) is 27.9. The summed E-state index contributed by atoms with van der Waals surface area (Å²) in [5, 5.41) is 16.8. The number of methoxy groups -OCH3 is 1. The van der Waals surface area contributed by atoms with Gasteiger partial charge in [0.15, 0.2) is 0 Å². The molecule has 3 N–H and O–H groups in total. The fourth-order valence-corrected chi connectivity index (χ4v) is 6.87. The number of aromatic hydroxyl groups is 1. The minimum absolute atomic E-state index is 0.0422. The van der Waals surface area contributed by atoms with E-state index in [1.54, 1.807) is 11.0 Å². The third-order valence-corrected chi connectivity index (χ3v) is 8.83. The number of rotatable bonds is 4. The molecule has 0 fully saturated rings. The summed E-state index contributed by atoms with van der Waals surface area (Å²) in [6.07, 6.45) is 4.68. The topological polar surface area (TPSA) is 90.9 Å². The molecule has 6 rings (SSSR count). The molecule has 2 amide bonds. The van der Waals surface area contributed by atoms with E-state index in [0.717, 1.165) is 53.6 Å². The van der Waals surface area contributed by atoms with Crippen LogP contribution in [0.3, 0.4) is 0 Å². The van der Waals surface area contributed by atoms with Crippen LogP contribution in [0.25, 0.3) is 0 Å². The molecule has 7 nitrogen and oxygen atoms in total. The van der Waals surface area contributed by atoms with Crippen LogP contribution < -0.4 is 15.5 Å². The molecular formula is C33H37N3O4. The Balaban J connectivity index is 1.23. The van der Waals surface area contributed by atoms with Crippen molar-refractivity contribution >= 4 is 17.7 Å². The molecule has 2 atom stereocenters. The number of benzene rings is 3. The first kappa shape index (κ1) is 26.4. The number of fused-ring (bicyclic) bond motifs is 3. The number of aryl methyl sites for hydroxylation is 1. The summed E-state index contributed by atoms with van der Waals surface area (Å²) in [5.41, 5.74) is 9.09. The highest BCUT2D eigenvalue weighted by atomic mass is 16.5. The highest BCUT2D eigenvalue weighted by Crippen LogP contribution is 2.37. The maximum atomic E-state index is 13.6. The van der Waals surface area contributed by atoms with E-state index in [-0.39, 0.29) is 29.8 Å². The summed E-state index contributed by atoms with van der Waals surface area (Å²) in [5.74, 6) is 0.770. The van der Waals surface area contributed by atoms with E-state index in [9.17, 15) is 14.7 Å². The maximum Gasteiger partial charge on any atom is 0.414 e. The summed E-state index contributed by atoms with van der Waals surface area (Å²) in [6, 6.07) is 18.0. The lowest BCUT2D eigenvalue weighted by molar-refractivity contribution is -0.123. The fraction of sp³-hybridized carbons (Fsp3) is 0.394. The van der Waals surface area contributed by atoms with Crippen molar-refractivity contribution in [3.63, 3.8) is 0 Å². The van der Waals surface area contributed by atoms with Crippen molar-refractivity contribution in [1.82, 2.24) is 10.6 Å². The third kappa shape index (κ3) is 5.18. The number of hydrogen-bond acceptors (Lipinski definition) is 5. The second-order valence-corrected chi connectivity index (χ2v) is 11.5. The van der Waals surface area contributed by atoms with E-state index >= 15 is 0 Å². The van der Waals surface area contributed by atoms with Gasteiger partial charge in [-0.2, -0.15) is 0 Å². The predicted molar refractivity (Wildman–Crippen MR) is 155 cm³/mol. The lowest BCUT2D eigenvalue weighted by Gasteiger charge is -2.35. The molecule has 2 heterocycles. The molecule has 0 spiro atoms. The van der Waals surface area contributed by atoms with Crippen molar-refractivity contribution in [3.05, 3.63) is 93.5 Å². The average molecular weight is 540 g/mol. The van der Waals surface area contributed by atoms with Gasteiger partial charge in [0.25, 0.3) is 0 Å². The Morgan fingerprint density at radius 1 is 1.05 bits per heavy atom. The number of hydrogen-bond donors (Lipinski definition) is 3. The van der Waals surface area contributed by atoms with Crippen LogP contribution in [0, 0.1) is 12.8 Å². The van der Waals surface area contributed by atoms with E-state index in [2.05, 4.69) is 47.0 Å². The van der Waals surface area contributed by atoms with Gasteiger partial charge in [-0.05, 0) is 115 Å². The minimum atomic E-state index is -0.384. The predicted octanol–water partition coefficient (Wildman–Crippen LogP) is 4.55. The lowest BCUT2D eigenvalue weighted by atomic mass is 9.90. The molecule has 2 aliphatic heterocycles. The van der Waals surface area contributed by atoms with Gasteiger partial charge in [0.1, 0.15) is 5.75 Å². The Labute approximate surface area is 235 Å². The quantitative estimate of drug-likeness (QED) is 0.453. The molecule has 0 radical (unpaired) electrons. The van der Waals surface area contributed by atoms with Crippen molar-refractivity contribution < 1.29 is 19.4 Å². The number of nitrogens with one attached hydrogen (secondary N) is 2. The SMILES string of the molecule is COC(=O)N1CCC(NC(=O)C2Cc3c(C)cc(O)cc3CCN2)c2cc(CC3Cc4ccccc4C3)ccc21. The Hall–Kier alpha value is -3.84. The van der Waals surface area contributed by atoms with Crippen LogP contribution in [0.4, 0.5) is 10.5 Å². The van der Waals surface area contributed by atoms with Crippen LogP contribution in [0.15, 0.2) is 54.6 Å². The van der Waals surface area contributed by atoms with E-state index in [0.29, 0.717) is 31.8 Å². The van der Waals surface area contributed by atoms with Gasteiger partial charge in [0.2, 0.25) is 5.91 Å². The smallest absolute Gasteiger partial charge is 0.414 e. The van der Waals surface area contributed by atoms with E-state index in [1.165, 1.54) is 23.8 Å². The van der Waals surface area contributed by atoms with Crippen LogP contribution in [0.1, 0.15) is 51.4 Å². The monoisotopic (exact) mass is 539 g/mol. The first-order chi connectivity index (χ1) is 19.4. The second-order valence-electron chi connectivity index (χ2n) is 11.5. The Morgan fingerprint density at radius 2 is 1.82 bits per heavy atom. The van der Waals surface area contributed by atoms with Gasteiger partial charge in [0, 0.05) is 6.54 Å².